The highest BCUT2D eigenvalue weighted by molar-refractivity contribution is 9.11. The third kappa shape index (κ3) is 6.02. The summed E-state index contributed by atoms with van der Waals surface area (Å²) in [5.41, 5.74) is 7.35. The number of nitrogens with two attached hydrogens (primary N) is 1. The molecule has 2 aromatic rings. The minimum Gasteiger partial charge on any atom is -0.369 e. The van der Waals surface area contributed by atoms with Crippen molar-refractivity contribution in [3.05, 3.63) is 56.7 Å². The predicted molar refractivity (Wildman–Crippen MR) is 113 cm³/mol. The van der Waals surface area contributed by atoms with Gasteiger partial charge in [-0.15, -0.1) is 11.3 Å². The molecule has 1 atom stereocenters. The predicted octanol–water partition coefficient (Wildman–Crippen LogP) is 3.86. The molecule has 1 fully saturated rings. The molecule has 1 aromatic heterocycles. The number of benzene rings is 1. The maximum atomic E-state index is 12.0. The molecule has 1 aromatic carbocycles. The number of primary amides is 1. The van der Waals surface area contributed by atoms with Gasteiger partial charge in [-0.3, -0.25) is 14.5 Å². The van der Waals surface area contributed by atoms with E-state index in [1.165, 1.54) is 6.08 Å². The van der Waals surface area contributed by atoms with Crippen molar-refractivity contribution in [1.82, 2.24) is 4.90 Å². The molecule has 142 valence electrons. The molecular weight excluding hydrogens is 426 g/mol. The minimum absolute atomic E-state index is 0.0481. The second kappa shape index (κ2) is 9.30. The Bertz CT molecular complexity index is 832. The molecule has 27 heavy (non-hydrogen) atoms. The van der Waals surface area contributed by atoms with Crippen LogP contribution < -0.4 is 11.1 Å². The van der Waals surface area contributed by atoms with Gasteiger partial charge >= 0.3 is 0 Å². The van der Waals surface area contributed by atoms with E-state index in [2.05, 4.69) is 26.1 Å². The van der Waals surface area contributed by atoms with Crippen molar-refractivity contribution in [3.8, 4) is 0 Å². The molecule has 1 saturated heterocycles. The lowest BCUT2D eigenvalue weighted by Gasteiger charge is -2.31. The van der Waals surface area contributed by atoms with E-state index in [4.69, 9.17) is 5.73 Å². The monoisotopic (exact) mass is 447 g/mol. The van der Waals surface area contributed by atoms with Crippen LogP contribution in [0.5, 0.6) is 0 Å². The summed E-state index contributed by atoms with van der Waals surface area (Å²) in [5, 5.41) is 2.86. The van der Waals surface area contributed by atoms with E-state index in [-0.39, 0.29) is 17.7 Å². The molecule has 1 aliphatic rings. The van der Waals surface area contributed by atoms with Crippen molar-refractivity contribution < 1.29 is 9.59 Å². The lowest BCUT2D eigenvalue weighted by Crippen LogP contribution is -2.40. The van der Waals surface area contributed by atoms with Gasteiger partial charge in [0.2, 0.25) is 11.8 Å². The first-order valence-corrected chi connectivity index (χ1v) is 10.5. The van der Waals surface area contributed by atoms with Crippen LogP contribution in [0, 0.1) is 5.92 Å². The van der Waals surface area contributed by atoms with Crippen LogP contribution in [0.3, 0.4) is 0 Å². The summed E-state index contributed by atoms with van der Waals surface area (Å²) in [6.07, 6.45) is 5.20. The first-order valence-electron chi connectivity index (χ1n) is 8.84. The lowest BCUT2D eigenvalue weighted by atomic mass is 9.97. The molecule has 3 N–H and O–H groups in total. The van der Waals surface area contributed by atoms with E-state index in [0.29, 0.717) is 0 Å². The molecule has 3 rings (SSSR count). The van der Waals surface area contributed by atoms with E-state index in [1.54, 1.807) is 17.4 Å². The average Bonchev–Trinajstić information content (AvgIpc) is 3.07. The first kappa shape index (κ1) is 19.8. The number of amides is 2. The third-order valence-corrected chi connectivity index (χ3v) is 6.12. The zero-order chi connectivity index (χ0) is 19.2. The van der Waals surface area contributed by atoms with Crippen LogP contribution in [-0.2, 0) is 16.1 Å². The van der Waals surface area contributed by atoms with Crippen molar-refractivity contribution in [3.63, 3.8) is 0 Å². The van der Waals surface area contributed by atoms with Gasteiger partial charge in [0, 0.05) is 29.7 Å². The zero-order valence-electron chi connectivity index (χ0n) is 14.9. The first-order chi connectivity index (χ1) is 13.0. The summed E-state index contributed by atoms with van der Waals surface area (Å²) in [6.45, 7) is 2.48. The number of carbonyl (C=O) groups excluding carboxylic acids is 2. The number of nitrogens with zero attached hydrogens (tertiary/aromatic N) is 1. The fourth-order valence-corrected chi connectivity index (χ4v) is 4.47. The molecule has 0 radical (unpaired) electrons. The van der Waals surface area contributed by atoms with Crippen LogP contribution in [0.4, 0.5) is 5.69 Å². The summed E-state index contributed by atoms with van der Waals surface area (Å²) >= 11 is 4.98. The standard InChI is InChI=1S/C20H22BrN3O2S/c21-18-9-7-17(27-18)8-10-19(25)23-16-5-3-14(4-6-16)12-24-11-1-2-15(13-24)20(22)26/h3-10,15H,1-2,11-13H2,(H2,22,26)(H,23,25)/b10-8+. The van der Waals surface area contributed by atoms with Gasteiger partial charge in [-0.2, -0.15) is 0 Å². The van der Waals surface area contributed by atoms with Crippen LogP contribution in [0.1, 0.15) is 23.3 Å². The maximum Gasteiger partial charge on any atom is 0.248 e. The zero-order valence-corrected chi connectivity index (χ0v) is 17.3. The Morgan fingerprint density at radius 1 is 1.26 bits per heavy atom. The molecule has 1 unspecified atom stereocenters. The fourth-order valence-electron chi connectivity index (χ4n) is 3.14. The molecule has 0 saturated carbocycles. The van der Waals surface area contributed by atoms with Crippen molar-refractivity contribution >= 4 is 50.8 Å². The van der Waals surface area contributed by atoms with Crippen molar-refractivity contribution in [2.45, 2.75) is 19.4 Å². The Kier molecular flexibility index (Phi) is 6.82. The van der Waals surface area contributed by atoms with Gasteiger partial charge in [0.05, 0.1) is 9.70 Å². The Labute approximate surface area is 171 Å². The molecule has 2 amide bonds. The van der Waals surface area contributed by atoms with E-state index >= 15 is 0 Å². The number of likely N-dealkylation sites (tertiary alicyclic amines) is 1. The van der Waals surface area contributed by atoms with E-state index in [0.717, 1.165) is 52.4 Å². The number of anilines is 1. The topological polar surface area (TPSA) is 75.4 Å². The largest absolute Gasteiger partial charge is 0.369 e. The number of hydrogen-bond acceptors (Lipinski definition) is 4. The van der Waals surface area contributed by atoms with Gasteiger partial charge in [0.15, 0.2) is 0 Å². The number of piperidine rings is 1. The molecule has 0 spiro atoms. The second-order valence-corrected chi connectivity index (χ2v) is 9.13. The van der Waals surface area contributed by atoms with Crippen LogP contribution in [0.2, 0.25) is 0 Å². The highest BCUT2D eigenvalue weighted by Crippen LogP contribution is 2.23. The second-order valence-electron chi connectivity index (χ2n) is 6.64. The highest BCUT2D eigenvalue weighted by atomic mass is 79.9. The summed E-state index contributed by atoms with van der Waals surface area (Å²) in [7, 11) is 0. The number of carbonyl (C=O) groups is 2. The number of nitrogens with one attached hydrogen (secondary N) is 1. The van der Waals surface area contributed by atoms with Gasteiger partial charge in [0.1, 0.15) is 0 Å². The van der Waals surface area contributed by atoms with Crippen LogP contribution in [-0.4, -0.2) is 29.8 Å². The van der Waals surface area contributed by atoms with Crippen molar-refractivity contribution in [2.75, 3.05) is 18.4 Å². The third-order valence-electron chi connectivity index (χ3n) is 4.53. The van der Waals surface area contributed by atoms with Crippen LogP contribution >= 0.6 is 27.3 Å². The van der Waals surface area contributed by atoms with Crippen LogP contribution in [0.15, 0.2) is 46.3 Å². The molecule has 2 heterocycles. The van der Waals surface area contributed by atoms with Crippen molar-refractivity contribution in [1.29, 1.82) is 0 Å². The molecule has 1 aliphatic heterocycles. The maximum absolute atomic E-state index is 12.0. The Balaban J connectivity index is 1.51. The molecule has 0 aliphatic carbocycles. The van der Waals surface area contributed by atoms with Crippen molar-refractivity contribution in [2.24, 2.45) is 11.7 Å². The van der Waals surface area contributed by atoms with E-state index in [9.17, 15) is 9.59 Å². The average molecular weight is 448 g/mol. The smallest absolute Gasteiger partial charge is 0.248 e. The fraction of sp³-hybridized carbons (Fsp3) is 0.300. The SMILES string of the molecule is NC(=O)C1CCCN(Cc2ccc(NC(=O)/C=C/c3ccc(Br)s3)cc2)C1. The number of thiophene rings is 1. The number of halogens is 1. The normalized spacial score (nSPS) is 17.9. The number of rotatable bonds is 6. The molecule has 0 bridgehead atoms. The lowest BCUT2D eigenvalue weighted by molar-refractivity contribution is -0.123. The van der Waals surface area contributed by atoms with E-state index < -0.39 is 0 Å². The Morgan fingerprint density at radius 2 is 2.04 bits per heavy atom. The minimum atomic E-state index is -0.208. The highest BCUT2D eigenvalue weighted by Gasteiger charge is 2.23. The van der Waals surface area contributed by atoms with Gasteiger partial charge in [-0.05, 0) is 71.2 Å². The summed E-state index contributed by atoms with van der Waals surface area (Å²) < 4.78 is 1.04. The summed E-state index contributed by atoms with van der Waals surface area (Å²) in [4.78, 5) is 26.7. The summed E-state index contributed by atoms with van der Waals surface area (Å²) in [6, 6.07) is 11.7. The van der Waals surface area contributed by atoms with Gasteiger partial charge < -0.3 is 11.1 Å². The molecular formula is C20H22BrN3O2S. The van der Waals surface area contributed by atoms with Gasteiger partial charge in [0.25, 0.3) is 0 Å². The molecule has 5 nitrogen and oxygen atoms in total. The van der Waals surface area contributed by atoms with E-state index in [1.807, 2.05) is 36.4 Å². The number of hydrogen-bond donors (Lipinski definition) is 2. The Morgan fingerprint density at radius 3 is 2.70 bits per heavy atom. The van der Waals surface area contributed by atoms with Gasteiger partial charge in [-0.1, -0.05) is 12.1 Å². The Hall–Kier alpha value is -1.96. The molecule has 7 heteroatoms. The summed E-state index contributed by atoms with van der Waals surface area (Å²) in [5.74, 6) is -0.415. The van der Waals surface area contributed by atoms with Gasteiger partial charge in [-0.25, -0.2) is 0 Å². The van der Waals surface area contributed by atoms with Crippen LogP contribution in [0.25, 0.3) is 6.08 Å². The quantitative estimate of drug-likeness (QED) is 0.659.